The predicted molar refractivity (Wildman–Crippen MR) is 116 cm³/mol. The van der Waals surface area contributed by atoms with Gasteiger partial charge in [-0.05, 0) is 18.8 Å². The maximum absolute atomic E-state index is 11.9. The molecule has 0 spiro atoms. The van der Waals surface area contributed by atoms with Crippen molar-refractivity contribution in [3.8, 4) is 0 Å². The van der Waals surface area contributed by atoms with Crippen LogP contribution in [0.2, 0.25) is 0 Å². The van der Waals surface area contributed by atoms with Crippen molar-refractivity contribution in [1.29, 1.82) is 0 Å². The molecule has 1 amide bonds. The SMILES string of the molecule is CCCCNC(=NCC(=O)N(C)C)N1CCC(C)C(n2ccnc2)C1.I. The Morgan fingerprint density at radius 1 is 1.42 bits per heavy atom. The van der Waals surface area contributed by atoms with Crippen molar-refractivity contribution in [3.63, 3.8) is 0 Å². The topological polar surface area (TPSA) is 65.8 Å². The van der Waals surface area contributed by atoms with E-state index in [0.717, 1.165) is 44.9 Å². The summed E-state index contributed by atoms with van der Waals surface area (Å²) in [6.07, 6.45) is 9.07. The summed E-state index contributed by atoms with van der Waals surface area (Å²) in [6, 6.07) is 0.374. The number of aromatic nitrogens is 2. The highest BCUT2D eigenvalue weighted by Crippen LogP contribution is 2.27. The molecule has 1 aromatic heterocycles. The van der Waals surface area contributed by atoms with Gasteiger partial charge in [0, 0.05) is 46.1 Å². The number of likely N-dealkylation sites (N-methyl/N-ethyl adjacent to an activating group) is 1. The number of nitrogens with zero attached hydrogens (tertiary/aromatic N) is 5. The fourth-order valence-corrected chi connectivity index (χ4v) is 3.02. The Bertz CT molecular complexity index is 560. The van der Waals surface area contributed by atoms with E-state index in [1.54, 1.807) is 19.0 Å². The molecular formula is C18H33IN6O. The summed E-state index contributed by atoms with van der Waals surface area (Å²) in [5.41, 5.74) is 0. The molecule has 2 unspecified atom stereocenters. The standard InChI is InChI=1S/C18H32N6O.HI/c1-5-6-8-20-18(21-12-17(25)22(3)4)23-10-7-15(2)16(13-23)24-11-9-19-14-24;/h9,11,14-16H,5-8,10,12-13H2,1-4H3,(H,20,21);1H. The third-order valence-corrected chi connectivity index (χ3v) is 4.80. The molecule has 0 aliphatic carbocycles. The van der Waals surface area contributed by atoms with Crippen LogP contribution in [-0.4, -0.2) is 71.5 Å². The first-order chi connectivity index (χ1) is 12.0. The molecule has 2 heterocycles. The summed E-state index contributed by atoms with van der Waals surface area (Å²) in [7, 11) is 3.53. The van der Waals surface area contributed by atoms with Gasteiger partial charge in [0.15, 0.2) is 5.96 Å². The highest BCUT2D eigenvalue weighted by atomic mass is 127. The van der Waals surface area contributed by atoms with Crippen LogP contribution in [0.25, 0.3) is 0 Å². The Morgan fingerprint density at radius 3 is 2.81 bits per heavy atom. The van der Waals surface area contributed by atoms with Crippen molar-refractivity contribution in [2.75, 3.05) is 40.3 Å². The second-order valence-electron chi connectivity index (χ2n) is 7.00. The smallest absolute Gasteiger partial charge is 0.243 e. The van der Waals surface area contributed by atoms with Crippen LogP contribution in [0.3, 0.4) is 0 Å². The van der Waals surface area contributed by atoms with Crippen LogP contribution in [0, 0.1) is 5.92 Å². The average molecular weight is 476 g/mol. The van der Waals surface area contributed by atoms with Gasteiger partial charge in [-0.25, -0.2) is 9.98 Å². The minimum Gasteiger partial charge on any atom is -0.356 e. The Balaban J connectivity index is 0.00000338. The van der Waals surface area contributed by atoms with Gasteiger partial charge < -0.3 is 19.7 Å². The maximum atomic E-state index is 11.9. The van der Waals surface area contributed by atoms with Crippen molar-refractivity contribution >= 4 is 35.8 Å². The molecule has 0 bridgehead atoms. The van der Waals surface area contributed by atoms with Crippen LogP contribution in [0.1, 0.15) is 39.2 Å². The maximum Gasteiger partial charge on any atom is 0.243 e. The van der Waals surface area contributed by atoms with E-state index in [9.17, 15) is 4.79 Å². The van der Waals surface area contributed by atoms with Crippen LogP contribution >= 0.6 is 24.0 Å². The molecule has 0 aromatic carbocycles. The van der Waals surface area contributed by atoms with Crippen molar-refractivity contribution in [3.05, 3.63) is 18.7 Å². The second kappa shape index (κ2) is 11.4. The van der Waals surface area contributed by atoms with Crippen LogP contribution in [-0.2, 0) is 4.79 Å². The first-order valence-electron chi connectivity index (χ1n) is 9.23. The number of aliphatic imine (C=N–C) groups is 1. The predicted octanol–water partition coefficient (Wildman–Crippen LogP) is 2.22. The summed E-state index contributed by atoms with van der Waals surface area (Å²) in [5.74, 6) is 1.46. The summed E-state index contributed by atoms with van der Waals surface area (Å²) >= 11 is 0. The molecule has 2 rings (SSSR count). The molecule has 1 aliphatic rings. The average Bonchev–Trinajstić information content (AvgIpc) is 3.12. The lowest BCUT2D eigenvalue weighted by atomic mass is 9.93. The molecule has 0 radical (unpaired) electrons. The molecule has 1 fully saturated rings. The molecule has 8 heteroatoms. The minimum atomic E-state index is 0. The van der Waals surface area contributed by atoms with Crippen molar-refractivity contribution < 1.29 is 4.79 Å². The Hall–Kier alpha value is -1.32. The minimum absolute atomic E-state index is 0. The van der Waals surface area contributed by atoms with Crippen LogP contribution in [0.5, 0.6) is 0 Å². The molecule has 1 aliphatic heterocycles. The van der Waals surface area contributed by atoms with E-state index in [-0.39, 0.29) is 36.4 Å². The van der Waals surface area contributed by atoms with E-state index in [0.29, 0.717) is 12.0 Å². The number of carbonyl (C=O) groups excluding carboxylic acids is 1. The zero-order chi connectivity index (χ0) is 18.2. The lowest BCUT2D eigenvalue weighted by molar-refractivity contribution is -0.127. The fourth-order valence-electron chi connectivity index (χ4n) is 3.02. The highest BCUT2D eigenvalue weighted by Gasteiger charge is 2.29. The lowest BCUT2D eigenvalue weighted by Crippen LogP contribution is -2.49. The number of nitrogens with one attached hydrogen (secondary N) is 1. The summed E-state index contributed by atoms with van der Waals surface area (Å²) < 4.78 is 2.19. The van der Waals surface area contributed by atoms with Gasteiger partial charge in [0.05, 0.1) is 12.4 Å². The van der Waals surface area contributed by atoms with E-state index >= 15 is 0 Å². The first kappa shape index (κ1) is 22.7. The molecule has 1 saturated heterocycles. The van der Waals surface area contributed by atoms with Gasteiger partial charge in [-0.2, -0.15) is 0 Å². The Morgan fingerprint density at radius 2 is 2.19 bits per heavy atom. The number of piperidine rings is 1. The third kappa shape index (κ3) is 6.44. The number of carbonyl (C=O) groups is 1. The number of unbranched alkanes of at least 4 members (excludes halogenated alkanes) is 1. The van der Waals surface area contributed by atoms with Crippen LogP contribution < -0.4 is 5.32 Å². The van der Waals surface area contributed by atoms with E-state index in [4.69, 9.17) is 0 Å². The molecule has 0 saturated carbocycles. The lowest BCUT2D eigenvalue weighted by Gasteiger charge is -2.39. The zero-order valence-electron chi connectivity index (χ0n) is 16.4. The van der Waals surface area contributed by atoms with Gasteiger partial charge >= 0.3 is 0 Å². The number of amides is 1. The molecule has 7 nitrogen and oxygen atoms in total. The van der Waals surface area contributed by atoms with Gasteiger partial charge in [-0.1, -0.05) is 20.3 Å². The number of likely N-dealkylation sites (tertiary alicyclic amines) is 1. The highest BCUT2D eigenvalue weighted by molar-refractivity contribution is 14.0. The van der Waals surface area contributed by atoms with Crippen molar-refractivity contribution in [1.82, 2.24) is 24.7 Å². The molecule has 1 aromatic rings. The Labute approximate surface area is 174 Å². The third-order valence-electron chi connectivity index (χ3n) is 4.80. The van der Waals surface area contributed by atoms with Gasteiger partial charge in [0.25, 0.3) is 0 Å². The van der Waals surface area contributed by atoms with Gasteiger partial charge in [0.2, 0.25) is 5.91 Å². The number of hydrogen-bond donors (Lipinski definition) is 1. The van der Waals surface area contributed by atoms with Crippen LogP contribution in [0.15, 0.2) is 23.7 Å². The molecule has 26 heavy (non-hydrogen) atoms. The summed E-state index contributed by atoms with van der Waals surface area (Å²) in [5, 5.41) is 3.45. The molecular weight excluding hydrogens is 443 g/mol. The van der Waals surface area contributed by atoms with E-state index in [1.807, 2.05) is 18.7 Å². The van der Waals surface area contributed by atoms with E-state index in [1.165, 1.54) is 0 Å². The van der Waals surface area contributed by atoms with Gasteiger partial charge in [-0.15, -0.1) is 24.0 Å². The largest absolute Gasteiger partial charge is 0.356 e. The molecule has 1 N–H and O–H groups in total. The van der Waals surface area contributed by atoms with Crippen molar-refractivity contribution in [2.45, 2.75) is 39.2 Å². The number of rotatable bonds is 6. The van der Waals surface area contributed by atoms with E-state index < -0.39 is 0 Å². The second-order valence-corrected chi connectivity index (χ2v) is 7.00. The van der Waals surface area contributed by atoms with E-state index in [2.05, 4.69) is 38.6 Å². The number of imidazole rings is 1. The number of halogens is 1. The fraction of sp³-hybridized carbons (Fsp3) is 0.722. The number of hydrogen-bond acceptors (Lipinski definition) is 3. The number of guanidine groups is 1. The van der Waals surface area contributed by atoms with Crippen molar-refractivity contribution in [2.24, 2.45) is 10.9 Å². The quantitative estimate of drug-likeness (QED) is 0.296. The Kier molecular flexibility index (Phi) is 9.97. The van der Waals surface area contributed by atoms with Gasteiger partial charge in [-0.3, -0.25) is 4.79 Å². The normalized spacial score (nSPS) is 20.5. The molecule has 2 atom stereocenters. The summed E-state index contributed by atoms with van der Waals surface area (Å²) in [6.45, 7) is 7.37. The molecule has 148 valence electrons. The zero-order valence-corrected chi connectivity index (χ0v) is 18.7. The summed E-state index contributed by atoms with van der Waals surface area (Å²) in [4.78, 5) is 24.6. The first-order valence-corrected chi connectivity index (χ1v) is 9.23. The van der Waals surface area contributed by atoms with Crippen LogP contribution in [0.4, 0.5) is 0 Å². The monoisotopic (exact) mass is 476 g/mol. The van der Waals surface area contributed by atoms with Gasteiger partial charge in [0.1, 0.15) is 6.54 Å².